The quantitative estimate of drug-likeness (QED) is 0.613. The number of aliphatic carboxylic acids is 1. The Morgan fingerprint density at radius 1 is 1.25 bits per heavy atom. The highest BCUT2D eigenvalue weighted by molar-refractivity contribution is 5.76. The topological polar surface area (TPSA) is 78.4 Å². The molecule has 0 aliphatic carbocycles. The molecule has 3 N–H and O–H groups in total. The largest absolute Gasteiger partial charge is 0.481 e. The van der Waals surface area contributed by atoms with E-state index in [2.05, 4.69) is 10.6 Å². The molecule has 0 spiro atoms. The van der Waals surface area contributed by atoms with Gasteiger partial charge in [-0.1, -0.05) is 0 Å². The molecule has 0 aromatic heterocycles. The van der Waals surface area contributed by atoms with Gasteiger partial charge >= 0.3 is 5.97 Å². The van der Waals surface area contributed by atoms with Crippen molar-refractivity contribution in [3.05, 3.63) is 0 Å². The van der Waals surface area contributed by atoms with Gasteiger partial charge in [0.2, 0.25) is 5.91 Å². The van der Waals surface area contributed by atoms with Crippen LogP contribution in [0.1, 0.15) is 32.1 Å². The number of hydrogen-bond donors (Lipinski definition) is 3. The third kappa shape index (κ3) is 5.70. The first-order valence-electron chi connectivity index (χ1n) is 5.87. The molecular weight excluding hydrogens is 208 g/mol. The lowest BCUT2D eigenvalue weighted by molar-refractivity contribution is -0.136. The maximum Gasteiger partial charge on any atom is 0.305 e. The Bertz CT molecular complexity index is 237. The fourth-order valence-corrected chi connectivity index (χ4v) is 1.90. The zero-order valence-electron chi connectivity index (χ0n) is 9.50. The minimum absolute atomic E-state index is 0.000904. The third-order valence-electron chi connectivity index (χ3n) is 2.90. The molecule has 16 heavy (non-hydrogen) atoms. The van der Waals surface area contributed by atoms with Gasteiger partial charge in [-0.25, -0.2) is 0 Å². The Labute approximate surface area is 95.6 Å². The van der Waals surface area contributed by atoms with Crippen molar-refractivity contribution in [1.82, 2.24) is 10.6 Å². The molecule has 1 rings (SSSR count). The van der Waals surface area contributed by atoms with Crippen molar-refractivity contribution in [1.29, 1.82) is 0 Å². The molecule has 1 amide bonds. The van der Waals surface area contributed by atoms with Crippen LogP contribution in [-0.2, 0) is 9.59 Å². The first-order valence-corrected chi connectivity index (χ1v) is 5.87. The number of carboxylic acid groups (broad SMARTS) is 1. The molecule has 0 aromatic rings. The minimum atomic E-state index is -0.876. The van der Waals surface area contributed by atoms with E-state index in [1.165, 1.54) is 0 Å². The van der Waals surface area contributed by atoms with Crippen LogP contribution in [0.5, 0.6) is 0 Å². The van der Waals surface area contributed by atoms with E-state index in [0.29, 0.717) is 12.3 Å². The summed E-state index contributed by atoms with van der Waals surface area (Å²) in [6, 6.07) is 0. The van der Waals surface area contributed by atoms with Crippen LogP contribution in [0.15, 0.2) is 0 Å². The SMILES string of the molecule is O=C(O)CCNC(=O)CCC1CCNCC1. The lowest BCUT2D eigenvalue weighted by atomic mass is 9.93. The molecule has 0 radical (unpaired) electrons. The van der Waals surface area contributed by atoms with Crippen molar-refractivity contribution in [2.24, 2.45) is 5.92 Å². The molecule has 1 aliphatic heterocycles. The van der Waals surface area contributed by atoms with Gasteiger partial charge < -0.3 is 15.7 Å². The van der Waals surface area contributed by atoms with Crippen LogP contribution in [0.25, 0.3) is 0 Å². The highest BCUT2D eigenvalue weighted by Gasteiger charge is 2.14. The molecular formula is C11H20N2O3. The zero-order chi connectivity index (χ0) is 11.8. The summed E-state index contributed by atoms with van der Waals surface area (Å²) in [7, 11) is 0. The molecule has 0 unspecified atom stereocenters. The van der Waals surface area contributed by atoms with Crippen LogP contribution in [0.3, 0.4) is 0 Å². The number of piperidine rings is 1. The summed E-state index contributed by atoms with van der Waals surface area (Å²) < 4.78 is 0. The maximum atomic E-state index is 11.3. The average molecular weight is 228 g/mol. The second-order valence-electron chi connectivity index (χ2n) is 4.23. The first kappa shape index (κ1) is 13.0. The lowest BCUT2D eigenvalue weighted by Gasteiger charge is -2.22. The second kappa shape index (κ2) is 7.22. The van der Waals surface area contributed by atoms with E-state index < -0.39 is 5.97 Å². The van der Waals surface area contributed by atoms with Crippen molar-refractivity contribution in [2.75, 3.05) is 19.6 Å². The molecule has 0 aromatic carbocycles. The van der Waals surface area contributed by atoms with Gasteiger partial charge in [0.1, 0.15) is 0 Å². The predicted molar refractivity (Wildman–Crippen MR) is 60.1 cm³/mol. The summed E-state index contributed by atoms with van der Waals surface area (Å²) in [5, 5.41) is 14.3. The van der Waals surface area contributed by atoms with Gasteiger partial charge in [0, 0.05) is 13.0 Å². The molecule has 0 bridgehead atoms. The Morgan fingerprint density at radius 2 is 1.94 bits per heavy atom. The van der Waals surface area contributed by atoms with E-state index in [1.807, 2.05) is 0 Å². The van der Waals surface area contributed by atoms with E-state index in [9.17, 15) is 9.59 Å². The summed E-state index contributed by atoms with van der Waals surface area (Å²) in [5.41, 5.74) is 0. The fourth-order valence-electron chi connectivity index (χ4n) is 1.90. The van der Waals surface area contributed by atoms with Crippen LogP contribution < -0.4 is 10.6 Å². The molecule has 1 fully saturated rings. The van der Waals surface area contributed by atoms with Crippen LogP contribution >= 0.6 is 0 Å². The summed E-state index contributed by atoms with van der Waals surface area (Å²) >= 11 is 0. The van der Waals surface area contributed by atoms with Gasteiger partial charge in [0.15, 0.2) is 0 Å². The Morgan fingerprint density at radius 3 is 2.56 bits per heavy atom. The van der Waals surface area contributed by atoms with Crippen LogP contribution in [-0.4, -0.2) is 36.6 Å². The molecule has 5 nitrogen and oxygen atoms in total. The van der Waals surface area contributed by atoms with Crippen molar-refractivity contribution < 1.29 is 14.7 Å². The van der Waals surface area contributed by atoms with Gasteiger partial charge in [0.25, 0.3) is 0 Å². The van der Waals surface area contributed by atoms with Gasteiger partial charge in [-0.15, -0.1) is 0 Å². The second-order valence-corrected chi connectivity index (χ2v) is 4.23. The molecule has 0 atom stereocenters. The smallest absolute Gasteiger partial charge is 0.305 e. The minimum Gasteiger partial charge on any atom is -0.481 e. The van der Waals surface area contributed by atoms with E-state index in [0.717, 1.165) is 32.4 Å². The summed E-state index contributed by atoms with van der Waals surface area (Å²) in [4.78, 5) is 21.6. The van der Waals surface area contributed by atoms with Gasteiger partial charge in [-0.05, 0) is 38.3 Å². The summed E-state index contributed by atoms with van der Waals surface area (Å²) in [5.74, 6) is -0.259. The zero-order valence-corrected chi connectivity index (χ0v) is 9.50. The average Bonchev–Trinajstić information content (AvgIpc) is 2.27. The Balaban J connectivity index is 2.02. The van der Waals surface area contributed by atoms with Crippen molar-refractivity contribution in [3.8, 4) is 0 Å². The van der Waals surface area contributed by atoms with E-state index in [-0.39, 0.29) is 18.9 Å². The number of carbonyl (C=O) groups is 2. The van der Waals surface area contributed by atoms with Crippen LogP contribution in [0, 0.1) is 5.92 Å². The monoisotopic (exact) mass is 228 g/mol. The van der Waals surface area contributed by atoms with Crippen molar-refractivity contribution >= 4 is 11.9 Å². The molecule has 1 aliphatic rings. The number of hydrogen-bond acceptors (Lipinski definition) is 3. The Hall–Kier alpha value is -1.10. The van der Waals surface area contributed by atoms with Crippen LogP contribution in [0.2, 0.25) is 0 Å². The molecule has 92 valence electrons. The van der Waals surface area contributed by atoms with Gasteiger partial charge in [-0.3, -0.25) is 9.59 Å². The highest BCUT2D eigenvalue weighted by atomic mass is 16.4. The highest BCUT2D eigenvalue weighted by Crippen LogP contribution is 2.17. The summed E-state index contributed by atoms with van der Waals surface area (Å²) in [6.07, 6.45) is 3.72. The molecule has 1 heterocycles. The number of carbonyl (C=O) groups excluding carboxylic acids is 1. The molecule has 5 heteroatoms. The summed E-state index contributed by atoms with van der Waals surface area (Å²) in [6.45, 7) is 2.33. The first-order chi connectivity index (χ1) is 7.68. The van der Waals surface area contributed by atoms with Gasteiger partial charge in [-0.2, -0.15) is 0 Å². The van der Waals surface area contributed by atoms with Crippen LogP contribution in [0.4, 0.5) is 0 Å². The van der Waals surface area contributed by atoms with E-state index >= 15 is 0 Å². The lowest BCUT2D eigenvalue weighted by Crippen LogP contribution is -2.30. The van der Waals surface area contributed by atoms with Crippen molar-refractivity contribution in [2.45, 2.75) is 32.1 Å². The fraction of sp³-hybridized carbons (Fsp3) is 0.818. The number of carboxylic acids is 1. The number of rotatable bonds is 6. The molecule has 1 saturated heterocycles. The normalized spacial score (nSPS) is 17.0. The van der Waals surface area contributed by atoms with E-state index in [1.54, 1.807) is 0 Å². The third-order valence-corrected chi connectivity index (χ3v) is 2.90. The Kier molecular flexibility index (Phi) is 5.85. The van der Waals surface area contributed by atoms with E-state index in [4.69, 9.17) is 5.11 Å². The van der Waals surface area contributed by atoms with Crippen molar-refractivity contribution in [3.63, 3.8) is 0 Å². The van der Waals surface area contributed by atoms with Gasteiger partial charge in [0.05, 0.1) is 6.42 Å². The maximum absolute atomic E-state index is 11.3. The molecule has 0 saturated carbocycles. The number of amides is 1. The predicted octanol–water partition coefficient (Wildman–Crippen LogP) is 0.357. The standard InChI is InChI=1S/C11H20N2O3/c14-10(13-8-5-11(15)16)2-1-9-3-6-12-7-4-9/h9,12H,1-8H2,(H,13,14)(H,15,16). The number of nitrogens with one attached hydrogen (secondary N) is 2.